The van der Waals surface area contributed by atoms with E-state index in [1.807, 2.05) is 12.1 Å². The molecule has 14 heavy (non-hydrogen) atoms. The molecule has 0 aliphatic rings. The summed E-state index contributed by atoms with van der Waals surface area (Å²) in [6, 6.07) is 3.67. The Bertz CT molecular complexity index is 268. The lowest BCUT2D eigenvalue weighted by Crippen LogP contribution is -2.21. The first-order valence-corrected chi connectivity index (χ1v) is 3.40. The van der Waals surface area contributed by atoms with Crippen LogP contribution in [0, 0.1) is 0 Å². The second-order valence-electron chi connectivity index (χ2n) is 2.09. The number of carbonyl (C=O) groups is 1. The van der Waals surface area contributed by atoms with Gasteiger partial charge in [-0.2, -0.15) is 13.2 Å². The van der Waals surface area contributed by atoms with Crippen molar-refractivity contribution in [1.29, 1.82) is 0 Å². The van der Waals surface area contributed by atoms with Crippen molar-refractivity contribution in [3.63, 3.8) is 0 Å². The van der Waals surface area contributed by atoms with E-state index in [9.17, 15) is 13.2 Å². The molecule has 0 saturated carbocycles. The fourth-order valence-electron chi connectivity index (χ4n) is 0.429. The van der Waals surface area contributed by atoms with Crippen LogP contribution in [0.25, 0.3) is 0 Å². The zero-order valence-electron chi connectivity index (χ0n) is 6.91. The van der Waals surface area contributed by atoms with Gasteiger partial charge in [0.2, 0.25) is 0 Å². The first kappa shape index (κ1) is 12.5. The van der Waals surface area contributed by atoms with Crippen molar-refractivity contribution < 1.29 is 27.5 Å². The molecule has 0 spiro atoms. The summed E-state index contributed by atoms with van der Waals surface area (Å²) < 4.78 is 36.6. The van der Waals surface area contributed by atoms with Crippen LogP contribution in [0.15, 0.2) is 22.8 Å². The Balaban J connectivity index is 0.000000241. The summed E-state index contributed by atoms with van der Waals surface area (Å²) in [7, 11) is 0. The van der Waals surface area contributed by atoms with Crippen LogP contribution in [0.2, 0.25) is 0 Å². The lowest BCUT2D eigenvalue weighted by Gasteiger charge is -1.93. The van der Waals surface area contributed by atoms with Gasteiger partial charge in [0.15, 0.2) is 0 Å². The zero-order chi connectivity index (χ0) is 11.2. The average Bonchev–Trinajstić information content (AvgIpc) is 2.54. The molecular weight excluding hydrogens is 203 g/mol. The highest BCUT2D eigenvalue weighted by Gasteiger charge is 2.38. The molecule has 1 aromatic rings. The van der Waals surface area contributed by atoms with Crippen LogP contribution in [-0.4, -0.2) is 17.3 Å². The van der Waals surface area contributed by atoms with E-state index in [1.54, 1.807) is 6.26 Å². The molecule has 0 radical (unpaired) electrons. The second-order valence-corrected chi connectivity index (χ2v) is 2.09. The first-order chi connectivity index (χ1) is 6.38. The van der Waals surface area contributed by atoms with Gasteiger partial charge in [0.1, 0.15) is 5.76 Å². The quantitative estimate of drug-likeness (QED) is 0.735. The maximum Gasteiger partial charge on any atom is 0.490 e. The molecule has 0 atom stereocenters. The third-order valence-corrected chi connectivity index (χ3v) is 1.02. The topological polar surface area (TPSA) is 76.5 Å². The van der Waals surface area contributed by atoms with Gasteiger partial charge in [0, 0.05) is 0 Å². The molecule has 1 heterocycles. The molecule has 0 aromatic carbocycles. The van der Waals surface area contributed by atoms with Gasteiger partial charge >= 0.3 is 12.1 Å². The van der Waals surface area contributed by atoms with Crippen LogP contribution in [0.1, 0.15) is 5.76 Å². The molecule has 80 valence electrons. The van der Waals surface area contributed by atoms with Crippen molar-refractivity contribution in [1.82, 2.24) is 0 Å². The SMILES string of the molecule is NCc1ccco1.O=C(O)C(F)(F)F. The van der Waals surface area contributed by atoms with Crippen molar-refractivity contribution in [2.75, 3.05) is 0 Å². The Morgan fingerprint density at radius 2 is 2.07 bits per heavy atom. The zero-order valence-corrected chi connectivity index (χ0v) is 6.91. The Kier molecular flexibility index (Phi) is 4.71. The van der Waals surface area contributed by atoms with Crippen LogP contribution in [0.5, 0.6) is 0 Å². The molecular formula is C7H8F3NO3. The third kappa shape index (κ3) is 5.20. The van der Waals surface area contributed by atoms with E-state index in [0.29, 0.717) is 6.54 Å². The summed E-state index contributed by atoms with van der Waals surface area (Å²) in [6.07, 6.45) is -3.47. The molecule has 0 aliphatic carbocycles. The number of nitrogens with two attached hydrogens (primary N) is 1. The summed E-state index contributed by atoms with van der Waals surface area (Å²) in [5.41, 5.74) is 5.20. The van der Waals surface area contributed by atoms with Crippen LogP contribution in [0.3, 0.4) is 0 Å². The van der Waals surface area contributed by atoms with Gasteiger partial charge < -0.3 is 15.3 Å². The van der Waals surface area contributed by atoms with Gasteiger partial charge in [-0.1, -0.05) is 0 Å². The maximum absolute atomic E-state index is 10.6. The summed E-state index contributed by atoms with van der Waals surface area (Å²) in [5, 5.41) is 7.12. The molecule has 1 rings (SSSR count). The fraction of sp³-hybridized carbons (Fsp3) is 0.286. The number of carboxylic acids is 1. The number of furan rings is 1. The highest BCUT2D eigenvalue weighted by atomic mass is 19.4. The van der Waals surface area contributed by atoms with E-state index in [0.717, 1.165) is 5.76 Å². The molecule has 7 heteroatoms. The minimum Gasteiger partial charge on any atom is -0.475 e. The number of halogens is 3. The third-order valence-electron chi connectivity index (χ3n) is 1.02. The normalized spacial score (nSPS) is 10.3. The maximum atomic E-state index is 10.6. The summed E-state index contributed by atoms with van der Waals surface area (Å²) in [4.78, 5) is 8.90. The standard InChI is InChI=1S/C5H7NO.C2HF3O2/c6-4-5-2-1-3-7-5;3-2(4,5)1(6)7/h1-3H,4,6H2;(H,6,7). The van der Waals surface area contributed by atoms with E-state index in [4.69, 9.17) is 20.1 Å². The Morgan fingerprint density at radius 3 is 2.21 bits per heavy atom. The van der Waals surface area contributed by atoms with Crippen molar-refractivity contribution in [2.45, 2.75) is 12.7 Å². The number of aliphatic carboxylic acids is 1. The predicted octanol–water partition coefficient (Wildman–Crippen LogP) is 1.37. The number of carboxylic acid groups (broad SMARTS) is 1. The van der Waals surface area contributed by atoms with Gasteiger partial charge in [-0.25, -0.2) is 4.79 Å². The van der Waals surface area contributed by atoms with Crippen LogP contribution in [0.4, 0.5) is 13.2 Å². The van der Waals surface area contributed by atoms with Gasteiger partial charge in [-0.3, -0.25) is 0 Å². The van der Waals surface area contributed by atoms with Crippen molar-refractivity contribution in [3.05, 3.63) is 24.2 Å². The predicted molar refractivity (Wildman–Crippen MR) is 40.3 cm³/mol. The monoisotopic (exact) mass is 211 g/mol. The molecule has 0 bridgehead atoms. The fourth-order valence-corrected chi connectivity index (χ4v) is 0.429. The van der Waals surface area contributed by atoms with Crippen molar-refractivity contribution >= 4 is 5.97 Å². The van der Waals surface area contributed by atoms with Gasteiger partial charge in [-0.05, 0) is 12.1 Å². The molecule has 0 aliphatic heterocycles. The first-order valence-electron chi connectivity index (χ1n) is 3.40. The second kappa shape index (κ2) is 5.28. The van der Waals surface area contributed by atoms with Crippen LogP contribution >= 0.6 is 0 Å². The molecule has 0 amide bonds. The number of alkyl halides is 3. The summed E-state index contributed by atoms with van der Waals surface area (Å²) >= 11 is 0. The molecule has 0 fully saturated rings. The van der Waals surface area contributed by atoms with E-state index in [1.165, 1.54) is 0 Å². The summed E-state index contributed by atoms with van der Waals surface area (Å²) in [5.74, 6) is -1.92. The molecule has 0 saturated heterocycles. The van der Waals surface area contributed by atoms with E-state index >= 15 is 0 Å². The van der Waals surface area contributed by atoms with Crippen LogP contribution in [-0.2, 0) is 11.3 Å². The molecule has 4 nitrogen and oxygen atoms in total. The highest BCUT2D eigenvalue weighted by Crippen LogP contribution is 2.13. The number of rotatable bonds is 1. The highest BCUT2D eigenvalue weighted by molar-refractivity contribution is 5.73. The van der Waals surface area contributed by atoms with Gasteiger partial charge in [0.25, 0.3) is 0 Å². The lowest BCUT2D eigenvalue weighted by atomic mass is 10.5. The average molecular weight is 211 g/mol. The molecule has 0 unspecified atom stereocenters. The summed E-state index contributed by atoms with van der Waals surface area (Å²) in [6.45, 7) is 0.493. The van der Waals surface area contributed by atoms with E-state index in [-0.39, 0.29) is 0 Å². The van der Waals surface area contributed by atoms with Crippen molar-refractivity contribution in [3.8, 4) is 0 Å². The van der Waals surface area contributed by atoms with Crippen LogP contribution < -0.4 is 5.73 Å². The van der Waals surface area contributed by atoms with Gasteiger partial charge in [-0.15, -0.1) is 0 Å². The van der Waals surface area contributed by atoms with Crippen molar-refractivity contribution in [2.24, 2.45) is 5.73 Å². The largest absolute Gasteiger partial charge is 0.490 e. The van der Waals surface area contributed by atoms with Gasteiger partial charge in [0.05, 0.1) is 12.8 Å². The Labute approximate surface area is 77.1 Å². The van der Waals surface area contributed by atoms with E-state index < -0.39 is 12.1 Å². The molecule has 3 N–H and O–H groups in total. The number of hydrogen-bond donors (Lipinski definition) is 2. The van der Waals surface area contributed by atoms with E-state index in [2.05, 4.69) is 0 Å². The minimum absolute atomic E-state index is 0.493. The number of hydrogen-bond acceptors (Lipinski definition) is 3. The lowest BCUT2D eigenvalue weighted by molar-refractivity contribution is -0.192. The minimum atomic E-state index is -5.08. The Morgan fingerprint density at radius 1 is 1.57 bits per heavy atom. The smallest absolute Gasteiger partial charge is 0.475 e. The molecule has 1 aromatic heterocycles. The Hall–Kier alpha value is -1.50.